The molecule has 1 aliphatic rings. The third kappa shape index (κ3) is 4.66. The Bertz CT molecular complexity index is 1400. The van der Waals surface area contributed by atoms with Gasteiger partial charge in [-0.3, -0.25) is 4.68 Å². The molecule has 0 fully saturated rings. The summed E-state index contributed by atoms with van der Waals surface area (Å²) in [5.41, 5.74) is 7.65. The number of benzene rings is 2. The van der Waals surface area contributed by atoms with Crippen molar-refractivity contribution in [3.63, 3.8) is 0 Å². The number of ether oxygens (including phenoxy) is 2. The van der Waals surface area contributed by atoms with E-state index in [4.69, 9.17) is 19.6 Å². The molecule has 184 valence electrons. The van der Waals surface area contributed by atoms with Crippen LogP contribution in [0, 0.1) is 0 Å². The molecule has 1 aliphatic carbocycles. The monoisotopic (exact) mass is 483 g/mol. The minimum Gasteiger partial charge on any atom is -0.492 e. The van der Waals surface area contributed by atoms with E-state index < -0.39 is 0 Å². The van der Waals surface area contributed by atoms with Gasteiger partial charge in [0.2, 0.25) is 5.95 Å². The molecule has 2 aromatic carbocycles. The van der Waals surface area contributed by atoms with E-state index in [9.17, 15) is 4.79 Å². The molecule has 0 bridgehead atoms. The molecule has 0 radical (unpaired) electrons. The van der Waals surface area contributed by atoms with Gasteiger partial charge in [-0.15, -0.1) is 0 Å². The molecule has 0 unspecified atom stereocenters. The average Bonchev–Trinajstić information content (AvgIpc) is 3.21. The topological polar surface area (TPSA) is 91.2 Å². The van der Waals surface area contributed by atoms with Crippen LogP contribution in [0.4, 0.5) is 11.6 Å². The van der Waals surface area contributed by atoms with Crippen LogP contribution >= 0.6 is 0 Å². The second-order valence-electron chi connectivity index (χ2n) is 8.61. The number of hydrogen-bond acceptors (Lipinski definition) is 7. The van der Waals surface area contributed by atoms with Crippen molar-refractivity contribution in [2.75, 3.05) is 18.5 Å². The molecule has 0 amide bonds. The van der Waals surface area contributed by atoms with Gasteiger partial charge in [-0.2, -0.15) is 5.10 Å². The van der Waals surface area contributed by atoms with Gasteiger partial charge >= 0.3 is 5.97 Å². The van der Waals surface area contributed by atoms with Crippen LogP contribution in [-0.2, 0) is 31.0 Å². The van der Waals surface area contributed by atoms with Crippen molar-refractivity contribution in [3.8, 4) is 17.0 Å². The molecular formula is C28H29N5O3. The van der Waals surface area contributed by atoms with E-state index in [-0.39, 0.29) is 5.97 Å². The standard InChI is InChI=1S/C28H29N5O3/c1-4-35-24-16-19(27(34)36-5-2)11-13-21(24)30-28-29-17-20-12-14-22-25(26(20)31-28)23(33(3)32-22)15-18-9-7-6-8-10-18/h6-11,13,16-17H,4-5,12,14-15H2,1-3H3,(H,29,30,31). The second-order valence-corrected chi connectivity index (χ2v) is 8.61. The van der Waals surface area contributed by atoms with Crippen LogP contribution in [0.15, 0.2) is 54.7 Å². The Labute approximate surface area is 210 Å². The van der Waals surface area contributed by atoms with Gasteiger partial charge in [0.25, 0.3) is 0 Å². The minimum absolute atomic E-state index is 0.314. The summed E-state index contributed by atoms with van der Waals surface area (Å²) in [7, 11) is 2.00. The number of fused-ring (bicyclic) bond motifs is 3. The van der Waals surface area contributed by atoms with Crippen LogP contribution in [0.5, 0.6) is 5.75 Å². The number of aromatic nitrogens is 4. The Morgan fingerprint density at radius 1 is 1.08 bits per heavy atom. The maximum absolute atomic E-state index is 12.2. The van der Waals surface area contributed by atoms with Crippen molar-refractivity contribution >= 4 is 17.6 Å². The number of nitrogens with one attached hydrogen (secondary N) is 1. The SMILES string of the molecule is CCOC(=O)c1ccc(Nc2ncc3c(n2)-c2c(nn(C)c2Cc2ccccc2)CC3)c(OCC)c1. The van der Waals surface area contributed by atoms with E-state index in [2.05, 4.69) is 34.6 Å². The summed E-state index contributed by atoms with van der Waals surface area (Å²) < 4.78 is 12.9. The first-order valence-corrected chi connectivity index (χ1v) is 12.2. The first kappa shape index (κ1) is 23.5. The highest BCUT2D eigenvalue weighted by Crippen LogP contribution is 2.36. The number of carbonyl (C=O) groups excluding carboxylic acids is 1. The van der Waals surface area contributed by atoms with Crippen LogP contribution in [-0.4, -0.2) is 38.9 Å². The van der Waals surface area contributed by atoms with Gasteiger partial charge in [0, 0.05) is 25.2 Å². The molecule has 36 heavy (non-hydrogen) atoms. The van der Waals surface area contributed by atoms with Gasteiger partial charge in [-0.05, 0) is 56.0 Å². The molecule has 1 N–H and O–H groups in total. The Balaban J connectivity index is 1.49. The number of rotatable bonds is 8. The van der Waals surface area contributed by atoms with E-state index >= 15 is 0 Å². The zero-order chi connectivity index (χ0) is 25.1. The van der Waals surface area contributed by atoms with E-state index in [1.807, 2.05) is 30.9 Å². The molecular weight excluding hydrogens is 454 g/mol. The van der Waals surface area contributed by atoms with E-state index in [0.29, 0.717) is 36.2 Å². The largest absolute Gasteiger partial charge is 0.492 e. The highest BCUT2D eigenvalue weighted by atomic mass is 16.5. The van der Waals surface area contributed by atoms with Crippen molar-refractivity contribution in [2.24, 2.45) is 7.05 Å². The Morgan fingerprint density at radius 2 is 1.92 bits per heavy atom. The fraction of sp³-hybridized carbons (Fsp3) is 0.286. The number of anilines is 2. The van der Waals surface area contributed by atoms with Crippen molar-refractivity contribution in [2.45, 2.75) is 33.1 Å². The zero-order valence-electron chi connectivity index (χ0n) is 20.7. The van der Waals surface area contributed by atoms with Gasteiger partial charge in [-0.1, -0.05) is 30.3 Å². The Kier molecular flexibility index (Phi) is 6.66. The highest BCUT2D eigenvalue weighted by Gasteiger charge is 2.26. The minimum atomic E-state index is -0.384. The zero-order valence-corrected chi connectivity index (χ0v) is 20.7. The van der Waals surface area contributed by atoms with Crippen LogP contribution in [0.2, 0.25) is 0 Å². The first-order chi connectivity index (χ1) is 17.6. The fourth-order valence-electron chi connectivity index (χ4n) is 4.54. The highest BCUT2D eigenvalue weighted by molar-refractivity contribution is 5.91. The lowest BCUT2D eigenvalue weighted by Crippen LogP contribution is -2.10. The summed E-state index contributed by atoms with van der Waals surface area (Å²) in [5, 5.41) is 8.10. The summed E-state index contributed by atoms with van der Waals surface area (Å²) in [6, 6.07) is 15.6. The van der Waals surface area contributed by atoms with Crippen LogP contribution < -0.4 is 10.1 Å². The summed E-state index contributed by atoms with van der Waals surface area (Å²) in [6.07, 6.45) is 4.38. The molecule has 2 aromatic heterocycles. The molecule has 0 aliphatic heterocycles. The lowest BCUT2D eigenvalue weighted by Gasteiger charge is -2.18. The van der Waals surface area contributed by atoms with Gasteiger partial charge in [-0.25, -0.2) is 14.8 Å². The van der Waals surface area contributed by atoms with Crippen LogP contribution in [0.1, 0.15) is 46.7 Å². The number of aryl methyl sites for hydroxylation is 3. The quantitative estimate of drug-likeness (QED) is 0.357. The molecule has 0 atom stereocenters. The Morgan fingerprint density at radius 3 is 2.69 bits per heavy atom. The van der Waals surface area contributed by atoms with Gasteiger partial charge in [0.05, 0.1) is 41.5 Å². The predicted molar refractivity (Wildman–Crippen MR) is 138 cm³/mol. The lowest BCUT2D eigenvalue weighted by atomic mass is 9.91. The molecule has 2 heterocycles. The normalized spacial score (nSPS) is 12.0. The molecule has 8 nitrogen and oxygen atoms in total. The number of hydrogen-bond donors (Lipinski definition) is 1. The smallest absolute Gasteiger partial charge is 0.338 e. The number of esters is 1. The summed E-state index contributed by atoms with van der Waals surface area (Å²) in [5.74, 6) is 0.613. The van der Waals surface area contributed by atoms with Crippen LogP contribution in [0.25, 0.3) is 11.3 Å². The molecule has 4 aromatic rings. The summed E-state index contributed by atoms with van der Waals surface area (Å²) >= 11 is 0. The molecule has 8 heteroatoms. The first-order valence-electron chi connectivity index (χ1n) is 12.2. The average molecular weight is 484 g/mol. The predicted octanol–water partition coefficient (Wildman–Crippen LogP) is 4.89. The van der Waals surface area contributed by atoms with E-state index in [1.165, 1.54) is 5.56 Å². The Hall–Kier alpha value is -4.20. The van der Waals surface area contributed by atoms with Gasteiger partial charge in [0.15, 0.2) is 0 Å². The summed E-state index contributed by atoms with van der Waals surface area (Å²) in [6.45, 7) is 4.44. The molecule has 0 saturated heterocycles. The second kappa shape index (κ2) is 10.2. The lowest BCUT2D eigenvalue weighted by molar-refractivity contribution is 0.0526. The third-order valence-corrected chi connectivity index (χ3v) is 6.22. The summed E-state index contributed by atoms with van der Waals surface area (Å²) in [4.78, 5) is 21.7. The van der Waals surface area contributed by atoms with Crippen molar-refractivity contribution in [3.05, 3.63) is 82.8 Å². The van der Waals surface area contributed by atoms with Crippen LogP contribution in [0.3, 0.4) is 0 Å². The van der Waals surface area contributed by atoms with Gasteiger partial charge < -0.3 is 14.8 Å². The molecule has 0 spiro atoms. The molecule has 0 saturated carbocycles. The maximum Gasteiger partial charge on any atom is 0.338 e. The van der Waals surface area contributed by atoms with Crippen molar-refractivity contribution in [1.29, 1.82) is 0 Å². The maximum atomic E-state index is 12.2. The van der Waals surface area contributed by atoms with E-state index in [0.717, 1.165) is 47.5 Å². The molecule has 5 rings (SSSR count). The van der Waals surface area contributed by atoms with E-state index in [1.54, 1.807) is 25.1 Å². The fourth-order valence-corrected chi connectivity index (χ4v) is 4.54. The van der Waals surface area contributed by atoms with Gasteiger partial charge in [0.1, 0.15) is 5.75 Å². The third-order valence-electron chi connectivity index (χ3n) is 6.22. The number of nitrogens with zero attached hydrogens (tertiary/aromatic N) is 4. The number of carbonyl (C=O) groups is 1. The van der Waals surface area contributed by atoms with Crippen molar-refractivity contribution < 1.29 is 14.3 Å². The van der Waals surface area contributed by atoms with Crippen molar-refractivity contribution in [1.82, 2.24) is 19.7 Å².